The second-order valence-corrected chi connectivity index (χ2v) is 13.9. The van der Waals surface area contributed by atoms with E-state index in [1.807, 2.05) is 0 Å². The minimum absolute atomic E-state index is 0.0452. The molecule has 0 radical (unpaired) electrons. The summed E-state index contributed by atoms with van der Waals surface area (Å²) >= 11 is 0. The van der Waals surface area contributed by atoms with Crippen molar-refractivity contribution in [3.05, 3.63) is 60.7 Å². The van der Waals surface area contributed by atoms with Crippen LogP contribution in [0.25, 0.3) is 0 Å². The van der Waals surface area contributed by atoms with Crippen LogP contribution in [-0.2, 0) is 18.8 Å². The molecule has 172 valence electrons. The molecular weight excluding hydrogens is 418 g/mol. The summed E-state index contributed by atoms with van der Waals surface area (Å²) in [6.07, 6.45) is 1.79. The van der Waals surface area contributed by atoms with Gasteiger partial charge in [0.05, 0.1) is 0 Å². The zero-order valence-electron chi connectivity index (χ0n) is 19.7. The average Bonchev–Trinajstić information content (AvgIpc) is 2.79. The highest BCUT2D eigenvalue weighted by Gasteiger charge is 2.50. The zero-order chi connectivity index (χ0) is 23.2. The van der Waals surface area contributed by atoms with E-state index in [4.69, 9.17) is 9.16 Å². The van der Waals surface area contributed by atoms with Gasteiger partial charge in [0.2, 0.25) is 0 Å². The fraction of sp³-hybridized carbons (Fsp3) is 0.462. The molecule has 0 spiro atoms. The van der Waals surface area contributed by atoms with E-state index in [1.165, 1.54) is 17.3 Å². The quantitative estimate of drug-likeness (QED) is 0.477. The summed E-state index contributed by atoms with van der Waals surface area (Å²) in [6, 6.07) is 21.3. The molecule has 3 rings (SSSR count). The SMILES string of the molecule is CC(=O)OCC(=O)N1CCC(CO[Si](c2ccccc2)(c2ccccc2)C(C)(C)C)CC1. The van der Waals surface area contributed by atoms with Gasteiger partial charge in [-0.2, -0.15) is 0 Å². The minimum Gasteiger partial charge on any atom is -0.456 e. The van der Waals surface area contributed by atoms with Gasteiger partial charge >= 0.3 is 5.97 Å². The molecule has 1 aliphatic heterocycles. The van der Waals surface area contributed by atoms with E-state index in [2.05, 4.69) is 81.4 Å². The third-order valence-corrected chi connectivity index (χ3v) is 11.3. The molecule has 0 N–H and O–H groups in total. The van der Waals surface area contributed by atoms with Gasteiger partial charge in [0, 0.05) is 26.6 Å². The summed E-state index contributed by atoms with van der Waals surface area (Å²) in [5, 5.41) is 2.52. The number of hydrogen-bond donors (Lipinski definition) is 0. The maximum Gasteiger partial charge on any atom is 0.303 e. The number of ether oxygens (including phenoxy) is 1. The van der Waals surface area contributed by atoms with Gasteiger partial charge in [0.25, 0.3) is 14.2 Å². The lowest BCUT2D eigenvalue weighted by molar-refractivity contribution is -0.150. The number of benzene rings is 2. The van der Waals surface area contributed by atoms with E-state index in [-0.39, 0.29) is 17.6 Å². The van der Waals surface area contributed by atoms with E-state index < -0.39 is 14.3 Å². The normalized spacial score (nSPS) is 15.4. The summed E-state index contributed by atoms with van der Waals surface area (Å²) in [5.74, 6) is -0.145. The predicted octanol–water partition coefficient (Wildman–Crippen LogP) is 3.36. The molecular formula is C26H35NO4Si. The number of esters is 1. The van der Waals surface area contributed by atoms with Gasteiger partial charge in [-0.3, -0.25) is 9.59 Å². The first-order valence-corrected chi connectivity index (χ1v) is 13.3. The molecule has 0 aliphatic carbocycles. The third-order valence-electron chi connectivity index (χ3n) is 6.32. The molecule has 0 atom stereocenters. The number of carbonyl (C=O) groups is 2. The topological polar surface area (TPSA) is 55.8 Å². The number of likely N-dealkylation sites (tertiary alicyclic amines) is 1. The second kappa shape index (κ2) is 10.4. The Morgan fingerprint density at radius 1 is 0.938 bits per heavy atom. The number of piperidine rings is 1. The fourth-order valence-electron chi connectivity index (χ4n) is 4.61. The Morgan fingerprint density at radius 2 is 1.44 bits per heavy atom. The first-order chi connectivity index (χ1) is 15.2. The monoisotopic (exact) mass is 453 g/mol. The Morgan fingerprint density at radius 3 is 1.88 bits per heavy atom. The zero-order valence-corrected chi connectivity index (χ0v) is 20.7. The van der Waals surface area contributed by atoms with E-state index in [1.54, 1.807) is 4.90 Å². The van der Waals surface area contributed by atoms with Gasteiger partial charge in [-0.25, -0.2) is 0 Å². The van der Waals surface area contributed by atoms with Gasteiger partial charge in [0.1, 0.15) is 0 Å². The summed E-state index contributed by atoms with van der Waals surface area (Å²) in [7, 11) is -2.54. The van der Waals surface area contributed by atoms with E-state index in [9.17, 15) is 9.59 Å². The molecule has 0 aromatic heterocycles. The van der Waals surface area contributed by atoms with Crippen LogP contribution < -0.4 is 10.4 Å². The Kier molecular flexibility index (Phi) is 7.90. The van der Waals surface area contributed by atoms with Gasteiger partial charge in [-0.05, 0) is 34.2 Å². The molecule has 1 saturated heterocycles. The number of amides is 1. The largest absolute Gasteiger partial charge is 0.456 e. The maximum atomic E-state index is 12.3. The third kappa shape index (κ3) is 5.48. The average molecular weight is 454 g/mol. The first-order valence-electron chi connectivity index (χ1n) is 11.4. The summed E-state index contributed by atoms with van der Waals surface area (Å²) in [5.41, 5.74) is 0. The highest BCUT2D eigenvalue weighted by molar-refractivity contribution is 6.99. The van der Waals surface area contributed by atoms with Crippen molar-refractivity contribution in [2.45, 2.75) is 45.6 Å². The van der Waals surface area contributed by atoms with E-state index in [0.29, 0.717) is 25.6 Å². The first kappa shape index (κ1) is 24.2. The lowest BCUT2D eigenvalue weighted by Gasteiger charge is -2.44. The van der Waals surface area contributed by atoms with E-state index >= 15 is 0 Å². The van der Waals surface area contributed by atoms with Crippen molar-refractivity contribution in [3.63, 3.8) is 0 Å². The number of rotatable bonds is 7. The van der Waals surface area contributed by atoms with Crippen LogP contribution in [0.1, 0.15) is 40.5 Å². The Bertz CT molecular complexity index is 848. The highest BCUT2D eigenvalue weighted by atomic mass is 28.4. The van der Waals surface area contributed by atoms with Crippen molar-refractivity contribution in [2.24, 2.45) is 5.92 Å². The van der Waals surface area contributed by atoms with Gasteiger partial charge in [-0.1, -0.05) is 81.4 Å². The summed E-state index contributed by atoms with van der Waals surface area (Å²) < 4.78 is 11.9. The number of hydrogen-bond acceptors (Lipinski definition) is 4. The Balaban J connectivity index is 1.75. The van der Waals surface area contributed by atoms with Crippen LogP contribution in [0.15, 0.2) is 60.7 Å². The van der Waals surface area contributed by atoms with Gasteiger partial charge in [0.15, 0.2) is 6.61 Å². The van der Waals surface area contributed by atoms with Crippen LogP contribution in [-0.4, -0.2) is 51.4 Å². The van der Waals surface area contributed by atoms with E-state index in [0.717, 1.165) is 12.8 Å². The van der Waals surface area contributed by atoms with Crippen molar-refractivity contribution >= 4 is 30.6 Å². The minimum atomic E-state index is -2.54. The van der Waals surface area contributed by atoms with Crippen LogP contribution in [0, 0.1) is 5.92 Å². The molecule has 0 saturated carbocycles. The van der Waals surface area contributed by atoms with Crippen molar-refractivity contribution < 1.29 is 18.8 Å². The summed E-state index contributed by atoms with van der Waals surface area (Å²) in [4.78, 5) is 25.0. The molecule has 1 fully saturated rings. The van der Waals surface area contributed by atoms with Crippen LogP contribution in [0.3, 0.4) is 0 Å². The predicted molar refractivity (Wildman–Crippen MR) is 130 cm³/mol. The molecule has 5 nitrogen and oxygen atoms in total. The fourth-order valence-corrected chi connectivity index (χ4v) is 9.25. The molecule has 1 aliphatic rings. The number of carbonyl (C=O) groups excluding carboxylic acids is 2. The van der Waals surface area contributed by atoms with Crippen molar-refractivity contribution in [1.82, 2.24) is 4.90 Å². The maximum absolute atomic E-state index is 12.3. The van der Waals surface area contributed by atoms with Crippen molar-refractivity contribution in [3.8, 4) is 0 Å². The molecule has 2 aromatic carbocycles. The standard InChI is InChI=1S/C26H35NO4Si/c1-21(28)30-20-25(29)27-17-15-22(16-18-27)19-31-32(26(2,3)4,23-11-7-5-8-12-23)24-13-9-6-10-14-24/h5-14,22H,15-20H2,1-4H3. The Hall–Kier alpha value is -2.44. The highest BCUT2D eigenvalue weighted by Crippen LogP contribution is 2.37. The lowest BCUT2D eigenvalue weighted by atomic mass is 9.98. The van der Waals surface area contributed by atoms with Crippen LogP contribution in [0.5, 0.6) is 0 Å². The van der Waals surface area contributed by atoms with Gasteiger partial charge in [-0.15, -0.1) is 0 Å². The van der Waals surface area contributed by atoms with Crippen LogP contribution >= 0.6 is 0 Å². The lowest BCUT2D eigenvalue weighted by Crippen LogP contribution is -2.67. The molecule has 6 heteroatoms. The smallest absolute Gasteiger partial charge is 0.303 e. The second-order valence-electron chi connectivity index (χ2n) is 9.58. The molecule has 0 bridgehead atoms. The Labute approximate surface area is 192 Å². The van der Waals surface area contributed by atoms with Crippen LogP contribution in [0.2, 0.25) is 5.04 Å². The van der Waals surface area contributed by atoms with Crippen LogP contribution in [0.4, 0.5) is 0 Å². The molecule has 32 heavy (non-hydrogen) atoms. The molecule has 0 unspecified atom stereocenters. The van der Waals surface area contributed by atoms with Crippen molar-refractivity contribution in [1.29, 1.82) is 0 Å². The number of nitrogens with zero attached hydrogens (tertiary/aromatic N) is 1. The molecule has 2 aromatic rings. The molecule has 1 amide bonds. The molecule has 1 heterocycles. The van der Waals surface area contributed by atoms with Gasteiger partial charge < -0.3 is 14.1 Å². The van der Waals surface area contributed by atoms with Crippen molar-refractivity contribution in [2.75, 3.05) is 26.3 Å². The summed E-state index contributed by atoms with van der Waals surface area (Å²) in [6.45, 7) is 10.0.